The van der Waals surface area contributed by atoms with E-state index in [2.05, 4.69) is 15.9 Å². The van der Waals surface area contributed by atoms with E-state index in [1.807, 2.05) is 0 Å². The Hall–Kier alpha value is -1.67. The minimum absolute atomic E-state index is 0.0392. The van der Waals surface area contributed by atoms with E-state index in [0.29, 0.717) is 36.1 Å². The minimum Gasteiger partial charge on any atom is -0.493 e. The highest BCUT2D eigenvalue weighted by Crippen LogP contribution is 2.26. The molecule has 4 N–H and O–H groups in total. The quantitative estimate of drug-likeness (QED) is 0.418. The average Bonchev–Trinajstić information content (AvgIpc) is 2.37. The van der Waals surface area contributed by atoms with E-state index in [1.54, 1.807) is 13.0 Å². The van der Waals surface area contributed by atoms with E-state index in [4.69, 9.17) is 16.2 Å². The Morgan fingerprint density at radius 2 is 2.10 bits per heavy atom. The van der Waals surface area contributed by atoms with Crippen molar-refractivity contribution in [1.82, 2.24) is 0 Å². The lowest BCUT2D eigenvalue weighted by Crippen LogP contribution is -2.49. The number of primary amides is 1. The molecule has 0 aliphatic rings. The topological polar surface area (TPSA) is 121 Å². The molecule has 7 nitrogen and oxygen atoms in total. The summed E-state index contributed by atoms with van der Waals surface area (Å²) in [7, 11) is 0. The molecule has 0 radical (unpaired) electrons. The van der Waals surface area contributed by atoms with Crippen LogP contribution in [0.4, 0.5) is 5.69 Å². The molecule has 1 rings (SSSR count). The van der Waals surface area contributed by atoms with Gasteiger partial charge in [0.05, 0.1) is 23.1 Å². The van der Waals surface area contributed by atoms with Gasteiger partial charge >= 0.3 is 0 Å². The van der Waals surface area contributed by atoms with Crippen molar-refractivity contribution in [1.29, 1.82) is 0 Å². The molecule has 0 bridgehead atoms. The zero-order chi connectivity index (χ0) is 16.0. The number of halogens is 1. The number of nitro benzene ring substituents is 1. The summed E-state index contributed by atoms with van der Waals surface area (Å²) in [6.07, 6.45) is 1.80. The number of benzene rings is 1. The van der Waals surface area contributed by atoms with Gasteiger partial charge in [-0.25, -0.2) is 0 Å². The minimum atomic E-state index is -1.02. The predicted octanol–water partition coefficient (Wildman–Crippen LogP) is 2.11. The van der Waals surface area contributed by atoms with Crippen LogP contribution in [0.15, 0.2) is 22.7 Å². The Morgan fingerprint density at radius 3 is 2.67 bits per heavy atom. The molecule has 0 heterocycles. The second-order valence-corrected chi connectivity index (χ2v) is 5.91. The van der Waals surface area contributed by atoms with Crippen molar-refractivity contribution < 1.29 is 14.5 Å². The Morgan fingerprint density at radius 1 is 1.43 bits per heavy atom. The molecule has 0 spiro atoms. The van der Waals surface area contributed by atoms with E-state index in [0.717, 1.165) is 0 Å². The van der Waals surface area contributed by atoms with Gasteiger partial charge in [-0.3, -0.25) is 14.9 Å². The summed E-state index contributed by atoms with van der Waals surface area (Å²) in [5, 5.41) is 10.7. The molecule has 0 aliphatic heterocycles. The number of nitro groups is 1. The zero-order valence-corrected chi connectivity index (χ0v) is 13.3. The third-order valence-electron chi connectivity index (χ3n) is 2.99. The van der Waals surface area contributed by atoms with E-state index in [9.17, 15) is 14.9 Å². The van der Waals surface area contributed by atoms with Gasteiger partial charge in [0.15, 0.2) is 0 Å². The number of rotatable bonds is 8. The van der Waals surface area contributed by atoms with Crippen LogP contribution < -0.4 is 16.2 Å². The molecule has 1 aromatic carbocycles. The summed E-state index contributed by atoms with van der Waals surface area (Å²) in [5.41, 5.74) is 9.84. The SMILES string of the molecule is CC(N)(CCCCOc1cc(Br)cc([N+](=O)[O-])c1)C(N)=O. The Labute approximate surface area is 130 Å². The Balaban J connectivity index is 2.43. The maximum Gasteiger partial charge on any atom is 0.274 e. The number of hydrogen-bond acceptors (Lipinski definition) is 5. The number of ether oxygens (including phenoxy) is 1. The normalized spacial score (nSPS) is 13.5. The van der Waals surface area contributed by atoms with Crippen LogP contribution in [0.2, 0.25) is 0 Å². The third kappa shape index (κ3) is 5.68. The first-order valence-electron chi connectivity index (χ1n) is 6.39. The van der Waals surface area contributed by atoms with Crippen molar-refractivity contribution in [2.75, 3.05) is 6.61 Å². The number of hydrogen-bond donors (Lipinski definition) is 2. The van der Waals surface area contributed by atoms with Crippen molar-refractivity contribution in [3.8, 4) is 5.75 Å². The average molecular weight is 360 g/mol. The highest BCUT2D eigenvalue weighted by atomic mass is 79.9. The van der Waals surface area contributed by atoms with Crippen LogP contribution in [0.25, 0.3) is 0 Å². The van der Waals surface area contributed by atoms with Gasteiger partial charge in [-0.15, -0.1) is 0 Å². The number of unbranched alkanes of at least 4 members (excludes halogenated alkanes) is 1. The van der Waals surface area contributed by atoms with Crippen molar-refractivity contribution in [2.45, 2.75) is 31.7 Å². The largest absolute Gasteiger partial charge is 0.493 e. The number of nitrogens with two attached hydrogens (primary N) is 2. The van der Waals surface area contributed by atoms with Gasteiger partial charge in [0, 0.05) is 10.5 Å². The van der Waals surface area contributed by atoms with Crippen LogP contribution in [-0.2, 0) is 4.79 Å². The molecule has 21 heavy (non-hydrogen) atoms. The summed E-state index contributed by atoms with van der Waals surface area (Å²) < 4.78 is 6.04. The monoisotopic (exact) mass is 359 g/mol. The Bertz CT molecular complexity index is 534. The molecule has 0 fully saturated rings. The smallest absolute Gasteiger partial charge is 0.274 e. The zero-order valence-electron chi connectivity index (χ0n) is 11.7. The standard InChI is InChI=1S/C13H18BrN3O4/c1-13(16,12(15)18)4-2-3-5-21-11-7-9(14)6-10(8-11)17(19)20/h6-8H,2-5,16H2,1H3,(H2,15,18). The number of nitrogens with zero attached hydrogens (tertiary/aromatic N) is 1. The van der Waals surface area contributed by atoms with Crippen molar-refractivity contribution in [2.24, 2.45) is 11.5 Å². The third-order valence-corrected chi connectivity index (χ3v) is 3.45. The van der Waals surface area contributed by atoms with E-state index in [1.165, 1.54) is 12.1 Å². The molecule has 0 saturated heterocycles. The first kappa shape index (κ1) is 17.4. The Kier molecular flexibility index (Phi) is 6.10. The number of carbonyl (C=O) groups excluding carboxylic acids is 1. The summed E-state index contributed by atoms with van der Waals surface area (Å²) in [4.78, 5) is 21.3. The van der Waals surface area contributed by atoms with Gasteiger partial charge in [-0.2, -0.15) is 0 Å². The molecular weight excluding hydrogens is 342 g/mol. The van der Waals surface area contributed by atoms with Crippen LogP contribution in [0, 0.1) is 10.1 Å². The second-order valence-electron chi connectivity index (χ2n) is 4.99. The molecule has 1 atom stereocenters. The highest BCUT2D eigenvalue weighted by molar-refractivity contribution is 9.10. The summed E-state index contributed by atoms with van der Waals surface area (Å²) in [6, 6.07) is 4.42. The van der Waals surface area contributed by atoms with Crippen LogP contribution >= 0.6 is 15.9 Å². The number of amides is 1. The molecule has 0 aliphatic carbocycles. The molecule has 116 valence electrons. The van der Waals surface area contributed by atoms with Crippen molar-refractivity contribution in [3.05, 3.63) is 32.8 Å². The molecule has 8 heteroatoms. The molecule has 1 amide bonds. The molecule has 1 aromatic rings. The number of non-ortho nitro benzene ring substituents is 1. The molecule has 0 aromatic heterocycles. The maximum absolute atomic E-state index is 11.0. The van der Waals surface area contributed by atoms with Gasteiger partial charge < -0.3 is 16.2 Å². The summed E-state index contributed by atoms with van der Waals surface area (Å²) >= 11 is 3.19. The van der Waals surface area contributed by atoms with Gasteiger partial charge in [0.1, 0.15) is 5.75 Å². The van der Waals surface area contributed by atoms with Crippen LogP contribution in [0.3, 0.4) is 0 Å². The molecule has 1 unspecified atom stereocenters. The van der Waals surface area contributed by atoms with Gasteiger partial charge in [0.2, 0.25) is 5.91 Å². The van der Waals surface area contributed by atoms with Crippen LogP contribution in [0.5, 0.6) is 5.75 Å². The van der Waals surface area contributed by atoms with E-state index >= 15 is 0 Å². The fraction of sp³-hybridized carbons (Fsp3) is 0.462. The molecular formula is C13H18BrN3O4. The lowest BCUT2D eigenvalue weighted by atomic mass is 9.96. The predicted molar refractivity (Wildman–Crippen MR) is 81.9 cm³/mol. The lowest BCUT2D eigenvalue weighted by molar-refractivity contribution is -0.385. The highest BCUT2D eigenvalue weighted by Gasteiger charge is 2.24. The number of carbonyl (C=O) groups is 1. The van der Waals surface area contributed by atoms with Gasteiger partial charge in [-0.1, -0.05) is 15.9 Å². The van der Waals surface area contributed by atoms with Crippen LogP contribution in [-0.4, -0.2) is 23.0 Å². The summed E-state index contributed by atoms with van der Waals surface area (Å²) in [5.74, 6) is -0.118. The first-order valence-corrected chi connectivity index (χ1v) is 7.18. The van der Waals surface area contributed by atoms with Crippen LogP contribution in [0.1, 0.15) is 26.2 Å². The van der Waals surface area contributed by atoms with Crippen molar-refractivity contribution >= 4 is 27.5 Å². The van der Waals surface area contributed by atoms with E-state index < -0.39 is 16.4 Å². The van der Waals surface area contributed by atoms with Gasteiger partial charge in [-0.05, 0) is 32.3 Å². The summed E-state index contributed by atoms with van der Waals surface area (Å²) in [6.45, 7) is 1.97. The molecule has 0 saturated carbocycles. The maximum atomic E-state index is 11.0. The fourth-order valence-corrected chi connectivity index (χ4v) is 2.10. The lowest BCUT2D eigenvalue weighted by Gasteiger charge is -2.19. The fourth-order valence-electron chi connectivity index (χ4n) is 1.64. The van der Waals surface area contributed by atoms with Crippen molar-refractivity contribution in [3.63, 3.8) is 0 Å². The second kappa shape index (κ2) is 7.37. The van der Waals surface area contributed by atoms with E-state index in [-0.39, 0.29) is 5.69 Å². The first-order chi connectivity index (χ1) is 9.72. The van der Waals surface area contributed by atoms with Gasteiger partial charge in [0.25, 0.3) is 5.69 Å².